The highest BCUT2D eigenvalue weighted by molar-refractivity contribution is 5.89. The molecular formula is C21H27NO9. The van der Waals surface area contributed by atoms with E-state index < -0.39 is 35.8 Å². The number of rotatable bonds is 6. The van der Waals surface area contributed by atoms with E-state index in [0.29, 0.717) is 11.1 Å². The van der Waals surface area contributed by atoms with Gasteiger partial charge in [0.15, 0.2) is 0 Å². The summed E-state index contributed by atoms with van der Waals surface area (Å²) in [5, 5.41) is 35.3. The van der Waals surface area contributed by atoms with Crippen molar-refractivity contribution in [3.63, 3.8) is 0 Å². The van der Waals surface area contributed by atoms with E-state index in [1.165, 1.54) is 32.4 Å². The molecule has 0 unspecified atom stereocenters. The molecule has 0 radical (unpaired) electrons. The van der Waals surface area contributed by atoms with Crippen molar-refractivity contribution < 1.29 is 38.8 Å². The zero-order valence-corrected chi connectivity index (χ0v) is 18.0. The number of aromatic hydroxyl groups is 1. The molecule has 10 nitrogen and oxygen atoms in total. The molecule has 1 aromatic heterocycles. The smallest absolute Gasteiger partial charge is 0.343 e. The van der Waals surface area contributed by atoms with Gasteiger partial charge in [0.25, 0.3) is 0 Å². The summed E-state index contributed by atoms with van der Waals surface area (Å²) in [7, 11) is 2.80. The third kappa shape index (κ3) is 4.52. The number of aliphatic hydroxyl groups is 2. The first-order valence-electron chi connectivity index (χ1n) is 9.67. The fourth-order valence-corrected chi connectivity index (χ4v) is 3.72. The van der Waals surface area contributed by atoms with Gasteiger partial charge in [-0.15, -0.1) is 0 Å². The molecule has 2 heterocycles. The number of methoxy groups -OCH3 is 1. The Morgan fingerprint density at radius 1 is 1.23 bits per heavy atom. The minimum atomic E-state index is -1.38. The lowest BCUT2D eigenvalue weighted by molar-refractivity contribution is -0.305. The monoisotopic (exact) mass is 437 g/mol. The summed E-state index contributed by atoms with van der Waals surface area (Å²) in [6.45, 7) is 5.07. The molecule has 2 aromatic rings. The first-order valence-corrected chi connectivity index (χ1v) is 9.67. The summed E-state index contributed by atoms with van der Waals surface area (Å²) in [5.41, 5.74) is -1.02. The molecule has 1 fully saturated rings. The maximum Gasteiger partial charge on any atom is 0.343 e. The number of hydrogen-bond donors (Lipinski definition) is 3. The van der Waals surface area contributed by atoms with Gasteiger partial charge in [-0.05, 0) is 32.9 Å². The van der Waals surface area contributed by atoms with Crippen LogP contribution in [0.15, 0.2) is 32.6 Å². The van der Waals surface area contributed by atoms with Crippen molar-refractivity contribution in [3.05, 3.63) is 34.2 Å². The lowest BCUT2D eigenvalue weighted by atomic mass is 9.89. The number of oxime groups is 1. The Labute approximate surface area is 178 Å². The van der Waals surface area contributed by atoms with Gasteiger partial charge in [-0.25, -0.2) is 4.79 Å². The second kappa shape index (κ2) is 8.83. The molecular weight excluding hydrogens is 410 g/mol. The first-order chi connectivity index (χ1) is 14.6. The molecule has 0 bridgehead atoms. The minimum absolute atomic E-state index is 0.0565. The molecule has 0 aliphatic carbocycles. The molecule has 0 saturated carbocycles. The third-order valence-corrected chi connectivity index (χ3v) is 5.17. The SMILES string of the molecule is CO/N=C(\C)Cc1c(O)c2ccc(O[C@@H]3OC(C)(C)[C@H](OC)[C@@H](O)[C@H]3O)cc2oc1=O. The Bertz CT molecular complexity index is 1030. The van der Waals surface area contributed by atoms with E-state index in [1.807, 2.05) is 0 Å². The van der Waals surface area contributed by atoms with Crippen molar-refractivity contribution in [2.45, 2.75) is 57.4 Å². The van der Waals surface area contributed by atoms with Gasteiger partial charge in [0, 0.05) is 19.6 Å². The first kappa shape index (κ1) is 23.0. The molecule has 0 amide bonds. The van der Waals surface area contributed by atoms with Crippen LogP contribution in [-0.4, -0.2) is 65.5 Å². The van der Waals surface area contributed by atoms with Gasteiger partial charge in [0.05, 0.1) is 22.3 Å². The Balaban J connectivity index is 1.90. The van der Waals surface area contributed by atoms with Crippen LogP contribution < -0.4 is 10.4 Å². The Morgan fingerprint density at radius 3 is 2.58 bits per heavy atom. The summed E-state index contributed by atoms with van der Waals surface area (Å²) < 4.78 is 22.1. The normalized spacial score (nSPS) is 26.1. The highest BCUT2D eigenvalue weighted by Crippen LogP contribution is 2.34. The number of aliphatic hydroxyl groups excluding tert-OH is 2. The third-order valence-electron chi connectivity index (χ3n) is 5.17. The van der Waals surface area contributed by atoms with Crippen LogP contribution >= 0.6 is 0 Å². The molecule has 10 heteroatoms. The molecule has 4 atom stereocenters. The van der Waals surface area contributed by atoms with Crippen molar-refractivity contribution in [2.75, 3.05) is 14.2 Å². The van der Waals surface area contributed by atoms with Crippen LogP contribution in [0.3, 0.4) is 0 Å². The minimum Gasteiger partial charge on any atom is -0.507 e. The second-order valence-electron chi connectivity index (χ2n) is 7.91. The molecule has 1 aliphatic rings. The zero-order valence-electron chi connectivity index (χ0n) is 18.0. The van der Waals surface area contributed by atoms with Crippen LogP contribution in [0.4, 0.5) is 0 Å². The number of ether oxygens (including phenoxy) is 3. The van der Waals surface area contributed by atoms with E-state index in [1.54, 1.807) is 20.8 Å². The van der Waals surface area contributed by atoms with Crippen molar-refractivity contribution >= 4 is 16.7 Å². The number of benzene rings is 1. The van der Waals surface area contributed by atoms with Crippen molar-refractivity contribution in [2.24, 2.45) is 5.16 Å². The highest BCUT2D eigenvalue weighted by atomic mass is 16.7. The highest BCUT2D eigenvalue weighted by Gasteiger charge is 2.50. The fraction of sp³-hybridized carbons (Fsp3) is 0.524. The van der Waals surface area contributed by atoms with E-state index in [2.05, 4.69) is 9.99 Å². The van der Waals surface area contributed by atoms with Gasteiger partial charge >= 0.3 is 5.63 Å². The Kier molecular flexibility index (Phi) is 6.56. The molecule has 170 valence electrons. The standard InChI is InChI=1S/C21H27NO9/c1-10(22-28-5)8-13-15(23)12-7-6-11(9-14(12)30-19(13)26)29-20-17(25)16(24)18(27-4)21(2,3)31-20/h6-7,9,16-18,20,23-25H,8H2,1-5H3/b22-10+/t16-,17+,18+,20+/m0/s1. The summed E-state index contributed by atoms with van der Waals surface area (Å²) in [6.07, 6.45) is -4.49. The average molecular weight is 437 g/mol. The fourth-order valence-electron chi connectivity index (χ4n) is 3.72. The number of fused-ring (bicyclic) bond motifs is 1. The van der Waals surface area contributed by atoms with Crippen molar-refractivity contribution in [1.82, 2.24) is 0 Å². The van der Waals surface area contributed by atoms with Crippen molar-refractivity contribution in [1.29, 1.82) is 0 Å². The second-order valence-corrected chi connectivity index (χ2v) is 7.91. The van der Waals surface area contributed by atoms with Gasteiger partial charge in [-0.1, -0.05) is 5.16 Å². The lowest BCUT2D eigenvalue weighted by Gasteiger charge is -2.46. The largest absolute Gasteiger partial charge is 0.507 e. The topological polar surface area (TPSA) is 140 Å². The van der Waals surface area contributed by atoms with E-state index in [9.17, 15) is 20.1 Å². The summed E-state index contributed by atoms with van der Waals surface area (Å²) in [6, 6.07) is 4.44. The van der Waals surface area contributed by atoms with Crippen LogP contribution in [-0.2, 0) is 20.7 Å². The summed E-state index contributed by atoms with van der Waals surface area (Å²) >= 11 is 0. The lowest BCUT2D eigenvalue weighted by Crippen LogP contribution is -2.63. The number of hydrogen-bond acceptors (Lipinski definition) is 10. The van der Waals surface area contributed by atoms with Crippen LogP contribution in [0.1, 0.15) is 26.3 Å². The Morgan fingerprint density at radius 2 is 1.94 bits per heavy atom. The van der Waals surface area contributed by atoms with E-state index in [-0.39, 0.29) is 29.1 Å². The maximum atomic E-state index is 12.4. The molecule has 1 aromatic carbocycles. The zero-order chi connectivity index (χ0) is 22.9. The van der Waals surface area contributed by atoms with E-state index in [4.69, 9.17) is 18.6 Å². The number of nitrogens with zero attached hydrogens (tertiary/aromatic N) is 1. The van der Waals surface area contributed by atoms with Gasteiger partial charge in [-0.2, -0.15) is 0 Å². The summed E-state index contributed by atoms with van der Waals surface area (Å²) in [5.74, 6) is -0.0141. The average Bonchev–Trinajstić information content (AvgIpc) is 2.69. The van der Waals surface area contributed by atoms with Crippen LogP contribution in [0.25, 0.3) is 11.0 Å². The van der Waals surface area contributed by atoms with Crippen LogP contribution in [0.2, 0.25) is 0 Å². The van der Waals surface area contributed by atoms with E-state index in [0.717, 1.165) is 0 Å². The molecule has 1 saturated heterocycles. The predicted molar refractivity (Wildman–Crippen MR) is 110 cm³/mol. The van der Waals surface area contributed by atoms with Crippen LogP contribution in [0, 0.1) is 0 Å². The van der Waals surface area contributed by atoms with Gasteiger partial charge in [0.1, 0.15) is 42.5 Å². The molecule has 1 aliphatic heterocycles. The molecule has 3 N–H and O–H groups in total. The summed E-state index contributed by atoms with van der Waals surface area (Å²) in [4.78, 5) is 17.0. The van der Waals surface area contributed by atoms with E-state index >= 15 is 0 Å². The Hall–Kier alpha value is -2.66. The van der Waals surface area contributed by atoms with Gasteiger partial charge in [-0.3, -0.25) is 0 Å². The van der Waals surface area contributed by atoms with Crippen molar-refractivity contribution in [3.8, 4) is 11.5 Å². The predicted octanol–water partition coefficient (Wildman–Crippen LogP) is 1.31. The molecule has 31 heavy (non-hydrogen) atoms. The van der Waals surface area contributed by atoms with Crippen LogP contribution in [0.5, 0.6) is 11.5 Å². The molecule has 3 rings (SSSR count). The molecule has 0 spiro atoms. The quantitative estimate of drug-likeness (QED) is 0.347. The maximum absolute atomic E-state index is 12.4. The van der Waals surface area contributed by atoms with Gasteiger partial charge in [0.2, 0.25) is 6.29 Å². The van der Waals surface area contributed by atoms with Gasteiger partial charge < -0.3 is 38.8 Å².